The maximum Gasteiger partial charge on any atom is 0.0885 e. The molecule has 3 rings (SSSR count). The molecule has 0 radical (unpaired) electrons. The molecule has 1 fully saturated rings. The fourth-order valence-electron chi connectivity index (χ4n) is 2.79. The van der Waals surface area contributed by atoms with Gasteiger partial charge < -0.3 is 5.32 Å². The van der Waals surface area contributed by atoms with Crippen LogP contribution in [-0.2, 0) is 13.5 Å². The Morgan fingerprint density at radius 2 is 2.11 bits per heavy atom. The predicted octanol–water partition coefficient (Wildman–Crippen LogP) is 2.02. The Balaban J connectivity index is 1.78. The lowest BCUT2D eigenvalue weighted by Gasteiger charge is -2.22. The van der Waals surface area contributed by atoms with E-state index in [2.05, 4.69) is 27.5 Å². The molecule has 1 N–H and O–H groups in total. The highest BCUT2D eigenvalue weighted by Gasteiger charge is 2.14. The Labute approximate surface area is 113 Å². The predicted molar refractivity (Wildman–Crippen MR) is 75.7 cm³/mol. The van der Waals surface area contributed by atoms with Crippen LogP contribution in [-0.4, -0.2) is 27.9 Å². The summed E-state index contributed by atoms with van der Waals surface area (Å²) in [6, 6.07) is 6.36. The molecule has 0 atom stereocenters. The van der Waals surface area contributed by atoms with Gasteiger partial charge in [-0.25, -0.2) is 0 Å². The molecule has 0 spiro atoms. The third kappa shape index (κ3) is 2.84. The van der Waals surface area contributed by atoms with E-state index in [0.29, 0.717) is 0 Å². The Bertz CT molecular complexity index is 541. The summed E-state index contributed by atoms with van der Waals surface area (Å²) in [6.45, 7) is 2.31. The Hall–Kier alpha value is -1.68. The number of aryl methyl sites for hydroxylation is 1. The van der Waals surface area contributed by atoms with Crippen LogP contribution >= 0.6 is 0 Å². The molecule has 0 amide bonds. The van der Waals surface area contributed by atoms with E-state index in [1.165, 1.54) is 18.4 Å². The number of nitrogens with one attached hydrogen (secondary N) is 1. The summed E-state index contributed by atoms with van der Waals surface area (Å²) in [7, 11) is 1.95. The van der Waals surface area contributed by atoms with Crippen LogP contribution < -0.4 is 5.32 Å². The van der Waals surface area contributed by atoms with Gasteiger partial charge in [0.2, 0.25) is 0 Å². The lowest BCUT2D eigenvalue weighted by Crippen LogP contribution is -2.28. The molecule has 100 valence electrons. The van der Waals surface area contributed by atoms with Gasteiger partial charge in [-0.2, -0.15) is 5.10 Å². The average molecular weight is 256 g/mol. The summed E-state index contributed by atoms with van der Waals surface area (Å²) in [6.07, 6.45) is 7.46. The number of aromatic nitrogens is 3. The van der Waals surface area contributed by atoms with Crippen molar-refractivity contribution in [3.63, 3.8) is 0 Å². The molecular weight excluding hydrogens is 236 g/mol. The van der Waals surface area contributed by atoms with Crippen molar-refractivity contribution in [3.8, 4) is 11.4 Å². The minimum absolute atomic E-state index is 0.808. The van der Waals surface area contributed by atoms with Gasteiger partial charge in [0.1, 0.15) is 0 Å². The quantitative estimate of drug-likeness (QED) is 0.913. The van der Waals surface area contributed by atoms with Crippen molar-refractivity contribution in [1.82, 2.24) is 20.1 Å². The second-order valence-corrected chi connectivity index (χ2v) is 5.29. The number of pyridine rings is 1. The summed E-state index contributed by atoms with van der Waals surface area (Å²) in [4.78, 5) is 4.46. The van der Waals surface area contributed by atoms with Crippen molar-refractivity contribution in [1.29, 1.82) is 0 Å². The van der Waals surface area contributed by atoms with E-state index in [9.17, 15) is 0 Å². The number of hydrogen-bond acceptors (Lipinski definition) is 3. The molecule has 4 nitrogen and oxygen atoms in total. The molecule has 1 aliphatic heterocycles. The van der Waals surface area contributed by atoms with Crippen LogP contribution in [0, 0.1) is 5.92 Å². The average Bonchev–Trinajstić information content (AvgIpc) is 2.86. The lowest BCUT2D eigenvalue weighted by molar-refractivity contribution is 0.372. The zero-order valence-electron chi connectivity index (χ0n) is 11.3. The van der Waals surface area contributed by atoms with Crippen LogP contribution in [0.4, 0.5) is 0 Å². The highest BCUT2D eigenvalue weighted by atomic mass is 15.3. The van der Waals surface area contributed by atoms with E-state index < -0.39 is 0 Å². The standard InChI is InChI=1S/C15H20N4/c1-19-15(5-9-18-19)14-11-13(4-8-17-14)10-12-2-6-16-7-3-12/h4-5,8-9,11-12,16H,2-3,6-7,10H2,1H3. The largest absolute Gasteiger partial charge is 0.317 e. The number of rotatable bonds is 3. The van der Waals surface area contributed by atoms with Gasteiger partial charge in [-0.15, -0.1) is 0 Å². The van der Waals surface area contributed by atoms with Crippen LogP contribution in [0.2, 0.25) is 0 Å². The maximum atomic E-state index is 4.46. The zero-order chi connectivity index (χ0) is 13.1. The lowest BCUT2D eigenvalue weighted by atomic mass is 9.91. The van der Waals surface area contributed by atoms with Crippen LogP contribution in [0.5, 0.6) is 0 Å². The van der Waals surface area contributed by atoms with Crippen LogP contribution in [0.3, 0.4) is 0 Å². The SMILES string of the molecule is Cn1nccc1-c1cc(CC2CCNCC2)ccn1. The van der Waals surface area contributed by atoms with E-state index >= 15 is 0 Å². The third-order valence-corrected chi connectivity index (χ3v) is 3.89. The summed E-state index contributed by atoms with van der Waals surface area (Å²) < 4.78 is 1.87. The fraction of sp³-hybridized carbons (Fsp3) is 0.467. The number of nitrogens with zero attached hydrogens (tertiary/aromatic N) is 3. The molecule has 2 aromatic heterocycles. The highest BCUT2D eigenvalue weighted by Crippen LogP contribution is 2.21. The van der Waals surface area contributed by atoms with E-state index in [1.807, 2.05) is 30.2 Å². The molecule has 0 aliphatic carbocycles. The first-order valence-electron chi connectivity index (χ1n) is 6.97. The van der Waals surface area contributed by atoms with E-state index in [-0.39, 0.29) is 0 Å². The van der Waals surface area contributed by atoms with Crippen LogP contribution in [0.1, 0.15) is 18.4 Å². The van der Waals surface area contributed by atoms with Gasteiger partial charge in [0.25, 0.3) is 0 Å². The molecule has 4 heteroatoms. The second kappa shape index (κ2) is 5.53. The zero-order valence-corrected chi connectivity index (χ0v) is 11.3. The van der Waals surface area contributed by atoms with Gasteiger partial charge in [0.05, 0.1) is 11.4 Å². The van der Waals surface area contributed by atoms with Gasteiger partial charge in [0, 0.05) is 19.4 Å². The van der Waals surface area contributed by atoms with Crippen molar-refractivity contribution in [3.05, 3.63) is 36.2 Å². The summed E-state index contributed by atoms with van der Waals surface area (Å²) in [5, 5.41) is 7.62. The molecule has 0 aromatic carbocycles. The topological polar surface area (TPSA) is 42.7 Å². The monoisotopic (exact) mass is 256 g/mol. The summed E-state index contributed by atoms with van der Waals surface area (Å²) in [5.74, 6) is 0.808. The molecule has 1 saturated heterocycles. The van der Waals surface area contributed by atoms with E-state index in [1.54, 1.807) is 0 Å². The highest BCUT2D eigenvalue weighted by molar-refractivity contribution is 5.54. The van der Waals surface area contributed by atoms with Crippen LogP contribution in [0.25, 0.3) is 11.4 Å². The van der Waals surface area contributed by atoms with E-state index in [4.69, 9.17) is 0 Å². The molecule has 0 saturated carbocycles. The number of hydrogen-bond donors (Lipinski definition) is 1. The Morgan fingerprint density at radius 1 is 1.26 bits per heavy atom. The van der Waals surface area contributed by atoms with Gasteiger partial charge in [-0.3, -0.25) is 9.67 Å². The number of piperidine rings is 1. The maximum absolute atomic E-state index is 4.46. The normalized spacial score (nSPS) is 16.7. The second-order valence-electron chi connectivity index (χ2n) is 5.29. The summed E-state index contributed by atoms with van der Waals surface area (Å²) in [5.41, 5.74) is 3.48. The van der Waals surface area contributed by atoms with Crippen molar-refractivity contribution in [2.75, 3.05) is 13.1 Å². The minimum atomic E-state index is 0.808. The third-order valence-electron chi connectivity index (χ3n) is 3.89. The molecule has 0 unspecified atom stereocenters. The Kier molecular flexibility index (Phi) is 3.60. The first kappa shape index (κ1) is 12.4. The van der Waals surface area contributed by atoms with Gasteiger partial charge in [-0.1, -0.05) is 0 Å². The molecular formula is C15H20N4. The molecule has 3 heterocycles. The fourth-order valence-corrected chi connectivity index (χ4v) is 2.79. The first-order chi connectivity index (χ1) is 9.33. The van der Waals surface area contributed by atoms with Gasteiger partial charge in [0.15, 0.2) is 0 Å². The smallest absolute Gasteiger partial charge is 0.0885 e. The van der Waals surface area contributed by atoms with Crippen molar-refractivity contribution in [2.24, 2.45) is 13.0 Å². The van der Waals surface area contributed by atoms with Crippen molar-refractivity contribution < 1.29 is 0 Å². The van der Waals surface area contributed by atoms with Gasteiger partial charge in [-0.05, 0) is 62.0 Å². The van der Waals surface area contributed by atoms with Crippen molar-refractivity contribution >= 4 is 0 Å². The van der Waals surface area contributed by atoms with Gasteiger partial charge >= 0.3 is 0 Å². The molecule has 19 heavy (non-hydrogen) atoms. The molecule has 2 aromatic rings. The van der Waals surface area contributed by atoms with E-state index in [0.717, 1.165) is 36.8 Å². The van der Waals surface area contributed by atoms with Crippen molar-refractivity contribution in [2.45, 2.75) is 19.3 Å². The van der Waals surface area contributed by atoms with Crippen LogP contribution in [0.15, 0.2) is 30.6 Å². The first-order valence-corrected chi connectivity index (χ1v) is 6.97. The molecule has 0 bridgehead atoms. The Morgan fingerprint density at radius 3 is 2.84 bits per heavy atom. The molecule has 1 aliphatic rings. The minimum Gasteiger partial charge on any atom is -0.317 e. The summed E-state index contributed by atoms with van der Waals surface area (Å²) >= 11 is 0.